The van der Waals surface area contributed by atoms with Crippen LogP contribution in [0.15, 0.2) is 36.4 Å². The van der Waals surface area contributed by atoms with Gasteiger partial charge in [0.1, 0.15) is 6.04 Å². The topological polar surface area (TPSA) is 169 Å². The highest BCUT2D eigenvalue weighted by molar-refractivity contribution is 5.95. The van der Waals surface area contributed by atoms with Gasteiger partial charge >= 0.3 is 0 Å². The first-order valence-corrected chi connectivity index (χ1v) is 13.7. The maximum atomic E-state index is 13.0. The number of fused-ring (bicyclic) bond motifs is 2. The van der Waals surface area contributed by atoms with Crippen LogP contribution in [0, 0.1) is 11.3 Å². The molecule has 1 aliphatic heterocycles. The van der Waals surface area contributed by atoms with Gasteiger partial charge in [0.05, 0.1) is 18.0 Å². The lowest BCUT2D eigenvalue weighted by Gasteiger charge is -2.41. The van der Waals surface area contributed by atoms with Crippen molar-refractivity contribution in [2.24, 2.45) is 0 Å². The third-order valence-electron chi connectivity index (χ3n) is 8.15. The van der Waals surface area contributed by atoms with Gasteiger partial charge in [0.2, 0.25) is 5.91 Å². The van der Waals surface area contributed by atoms with E-state index in [0.717, 1.165) is 28.7 Å². The second-order valence-electron chi connectivity index (χ2n) is 10.6. The van der Waals surface area contributed by atoms with Crippen molar-refractivity contribution < 1.29 is 14.4 Å². The molecule has 4 N–H and O–H groups in total. The van der Waals surface area contributed by atoms with Crippen molar-refractivity contribution >= 4 is 17.7 Å². The molecule has 2 aliphatic rings. The van der Waals surface area contributed by atoms with Gasteiger partial charge in [-0.2, -0.15) is 10.5 Å². The smallest absolute Gasteiger partial charge is 0.251 e. The lowest BCUT2D eigenvalue weighted by atomic mass is 9.62. The van der Waals surface area contributed by atoms with Crippen LogP contribution in [0.4, 0.5) is 0 Å². The lowest BCUT2D eigenvalue weighted by Crippen LogP contribution is -2.46. The molecule has 2 heterocycles. The number of carbonyl (C=O) groups is 3. The number of hydrogen-bond acceptors (Lipinski definition) is 8. The van der Waals surface area contributed by atoms with Gasteiger partial charge in [0.15, 0.2) is 5.82 Å². The lowest BCUT2D eigenvalue weighted by molar-refractivity contribution is -0.130. The minimum Gasteiger partial charge on any atom is -0.355 e. The average molecular weight is 556 g/mol. The number of aromatic amines is 1. The number of likely N-dealkylation sites (tertiary alicyclic amines) is 1. The van der Waals surface area contributed by atoms with Crippen LogP contribution in [0.3, 0.4) is 0 Å². The van der Waals surface area contributed by atoms with E-state index in [4.69, 9.17) is 0 Å². The number of amides is 3. The Morgan fingerprint density at radius 2 is 1.73 bits per heavy atom. The zero-order valence-corrected chi connectivity index (χ0v) is 23.3. The molecule has 12 heteroatoms. The minimum absolute atomic E-state index is 0.0899. The minimum atomic E-state index is -0.892. The van der Waals surface area contributed by atoms with Gasteiger partial charge in [-0.25, -0.2) is 0 Å². The first-order chi connectivity index (χ1) is 19.8. The summed E-state index contributed by atoms with van der Waals surface area (Å²) in [5.74, 6) is -0.0587. The fourth-order valence-corrected chi connectivity index (χ4v) is 6.22. The first-order valence-electron chi connectivity index (χ1n) is 13.7. The second kappa shape index (κ2) is 11.5. The van der Waals surface area contributed by atoms with Crippen molar-refractivity contribution in [3.8, 4) is 6.07 Å². The standard InChI is InChI=1S/C29H33N9O3/c1-17(33-16-25(39)38-10-4-5-22(38)15-30)14-29(28-34-36-37-35-28)23-8-6-18(26(40)31-2)11-20(23)13-21-12-19(27(41)32-3)7-9-24(21)29/h6-9,11-12,17,22,33H,4-5,10,13-14,16H2,1-3H3,(H,31,40)(H,32,41)(H,34,35,36,37)/t17-,22+/m1/s1. The molecule has 41 heavy (non-hydrogen) atoms. The zero-order valence-electron chi connectivity index (χ0n) is 23.3. The molecule has 212 valence electrons. The molecule has 5 rings (SSSR count). The Kier molecular flexibility index (Phi) is 7.81. The molecule has 1 fully saturated rings. The highest BCUT2D eigenvalue weighted by atomic mass is 16.2. The van der Waals surface area contributed by atoms with Crippen molar-refractivity contribution in [1.82, 2.24) is 41.5 Å². The summed E-state index contributed by atoms with van der Waals surface area (Å²) in [7, 11) is 3.18. The molecule has 0 unspecified atom stereocenters. The fraction of sp³-hybridized carbons (Fsp3) is 0.414. The maximum Gasteiger partial charge on any atom is 0.251 e. The molecule has 1 aliphatic carbocycles. The molecule has 1 aromatic heterocycles. The molecule has 12 nitrogen and oxygen atoms in total. The van der Waals surface area contributed by atoms with Crippen LogP contribution in [0.1, 0.15) is 75.0 Å². The maximum absolute atomic E-state index is 13.0. The number of benzene rings is 2. The van der Waals surface area contributed by atoms with Crippen LogP contribution in [0.5, 0.6) is 0 Å². The van der Waals surface area contributed by atoms with E-state index >= 15 is 0 Å². The Labute approximate surface area is 237 Å². The first kappa shape index (κ1) is 27.9. The molecule has 3 aromatic rings. The van der Waals surface area contributed by atoms with E-state index in [0.29, 0.717) is 42.8 Å². The summed E-state index contributed by atoms with van der Waals surface area (Å²) in [5.41, 5.74) is 3.83. The Morgan fingerprint density at radius 3 is 2.27 bits per heavy atom. The fourth-order valence-electron chi connectivity index (χ4n) is 6.22. The number of hydrogen-bond donors (Lipinski definition) is 4. The van der Waals surface area contributed by atoms with Crippen LogP contribution < -0.4 is 16.0 Å². The third kappa shape index (κ3) is 5.04. The van der Waals surface area contributed by atoms with E-state index in [9.17, 15) is 19.6 Å². The van der Waals surface area contributed by atoms with Crippen molar-refractivity contribution in [1.29, 1.82) is 5.26 Å². The normalized spacial score (nSPS) is 17.6. The summed E-state index contributed by atoms with van der Waals surface area (Å²) in [4.78, 5) is 39.7. The summed E-state index contributed by atoms with van der Waals surface area (Å²) in [6.07, 6.45) is 2.48. The number of nitriles is 1. The summed E-state index contributed by atoms with van der Waals surface area (Å²) in [5, 5.41) is 33.5. The summed E-state index contributed by atoms with van der Waals surface area (Å²) < 4.78 is 0. The van der Waals surface area contributed by atoms with Crippen molar-refractivity contribution in [3.63, 3.8) is 0 Å². The number of H-pyrrole nitrogens is 1. The highest BCUT2D eigenvalue weighted by Crippen LogP contribution is 2.48. The number of tetrazole rings is 1. The molecular weight excluding hydrogens is 522 g/mol. The van der Waals surface area contributed by atoms with E-state index in [1.807, 2.05) is 31.2 Å². The van der Waals surface area contributed by atoms with E-state index in [1.54, 1.807) is 31.1 Å². The average Bonchev–Trinajstić information content (AvgIpc) is 3.71. The molecule has 0 saturated carbocycles. The Hall–Kier alpha value is -4.63. The van der Waals surface area contributed by atoms with Gasteiger partial charge in [-0.3, -0.25) is 14.4 Å². The van der Waals surface area contributed by atoms with Crippen LogP contribution in [-0.2, 0) is 16.6 Å². The predicted molar refractivity (Wildman–Crippen MR) is 149 cm³/mol. The molecule has 2 atom stereocenters. The highest BCUT2D eigenvalue weighted by Gasteiger charge is 2.47. The van der Waals surface area contributed by atoms with E-state index in [2.05, 4.69) is 42.6 Å². The Morgan fingerprint density at radius 1 is 1.10 bits per heavy atom. The van der Waals surface area contributed by atoms with Crippen LogP contribution in [0.2, 0.25) is 0 Å². The summed E-state index contributed by atoms with van der Waals surface area (Å²) in [6.45, 7) is 2.67. The van der Waals surface area contributed by atoms with Gasteiger partial charge in [-0.1, -0.05) is 17.3 Å². The van der Waals surface area contributed by atoms with Gasteiger partial charge in [-0.05, 0) is 79.1 Å². The number of rotatable bonds is 8. The SMILES string of the molecule is CNC(=O)c1ccc2c(c1)Cc1cc(C(=O)NC)ccc1C2(C[C@@H](C)NCC(=O)N1CCC[C@H]1C#N)c1nn[nH]n1. The Bertz CT molecular complexity index is 1450. The van der Waals surface area contributed by atoms with Gasteiger partial charge in [0, 0.05) is 37.8 Å². The Balaban J connectivity index is 1.57. The number of carbonyl (C=O) groups excluding carboxylic acids is 3. The summed E-state index contributed by atoms with van der Waals surface area (Å²) >= 11 is 0. The molecule has 0 spiro atoms. The molecule has 0 radical (unpaired) electrons. The monoisotopic (exact) mass is 555 g/mol. The second-order valence-corrected chi connectivity index (χ2v) is 10.6. The molecule has 1 saturated heterocycles. The van der Waals surface area contributed by atoms with Gasteiger partial charge in [0.25, 0.3) is 11.8 Å². The van der Waals surface area contributed by atoms with E-state index in [-0.39, 0.29) is 36.3 Å². The largest absolute Gasteiger partial charge is 0.355 e. The van der Waals surface area contributed by atoms with Crippen LogP contribution in [-0.4, -0.2) is 82.5 Å². The third-order valence-corrected chi connectivity index (χ3v) is 8.15. The number of nitrogens with one attached hydrogen (secondary N) is 4. The van der Waals surface area contributed by atoms with Crippen molar-refractivity contribution in [2.45, 2.75) is 50.1 Å². The van der Waals surface area contributed by atoms with Gasteiger partial charge in [-0.15, -0.1) is 10.2 Å². The van der Waals surface area contributed by atoms with Crippen LogP contribution >= 0.6 is 0 Å². The van der Waals surface area contributed by atoms with E-state index in [1.165, 1.54) is 0 Å². The van der Waals surface area contributed by atoms with E-state index < -0.39 is 5.41 Å². The number of aromatic nitrogens is 4. The predicted octanol–water partition coefficient (Wildman–Crippen LogP) is 1.04. The van der Waals surface area contributed by atoms with Gasteiger partial charge < -0.3 is 20.9 Å². The zero-order chi connectivity index (χ0) is 29.1. The molecular formula is C29H33N9O3. The number of nitrogens with zero attached hydrogens (tertiary/aromatic N) is 5. The molecule has 3 amide bonds. The van der Waals surface area contributed by atoms with Crippen molar-refractivity contribution in [2.75, 3.05) is 27.2 Å². The van der Waals surface area contributed by atoms with Crippen LogP contribution in [0.25, 0.3) is 0 Å². The molecule has 2 aromatic carbocycles. The molecule has 0 bridgehead atoms. The quantitative estimate of drug-likeness (QED) is 0.320. The summed E-state index contributed by atoms with van der Waals surface area (Å²) in [6, 6.07) is 12.8. The van der Waals surface area contributed by atoms with Crippen molar-refractivity contribution in [3.05, 3.63) is 75.6 Å².